The van der Waals surface area contributed by atoms with Crippen LogP contribution >= 0.6 is 0 Å². The minimum Gasteiger partial charge on any atom is -0.404 e. The molecule has 1 N–H and O–H groups in total. The van der Waals surface area contributed by atoms with Crippen LogP contribution in [-0.4, -0.2) is 38.1 Å². The highest BCUT2D eigenvalue weighted by Crippen LogP contribution is 2.31. The molecule has 1 aliphatic rings. The van der Waals surface area contributed by atoms with Gasteiger partial charge in [0.15, 0.2) is 5.75 Å². The van der Waals surface area contributed by atoms with Crippen molar-refractivity contribution in [3.63, 3.8) is 0 Å². The summed E-state index contributed by atoms with van der Waals surface area (Å²) in [7, 11) is -2.29. The number of alkyl halides is 3. The number of amides is 1. The van der Waals surface area contributed by atoms with E-state index >= 15 is 0 Å². The number of carbonyl (C=O) groups is 1. The van der Waals surface area contributed by atoms with Crippen LogP contribution in [0.1, 0.15) is 42.5 Å². The third-order valence-electron chi connectivity index (χ3n) is 5.22. The summed E-state index contributed by atoms with van der Waals surface area (Å²) in [6, 6.07) is 10.5. The molecular weight excluding hydrogens is 433 g/mol. The maximum Gasteiger partial charge on any atom is 0.573 e. The fourth-order valence-electron chi connectivity index (χ4n) is 3.58. The number of para-hydroxylation sites is 2. The number of nitrogens with zero attached hydrogens (tertiary/aromatic N) is 1. The van der Waals surface area contributed by atoms with Gasteiger partial charge in [-0.2, -0.15) is 4.31 Å². The second-order valence-electron chi connectivity index (χ2n) is 7.34. The highest BCUT2D eigenvalue weighted by atomic mass is 32.2. The van der Waals surface area contributed by atoms with Gasteiger partial charge in [0.2, 0.25) is 10.0 Å². The van der Waals surface area contributed by atoms with Crippen LogP contribution in [-0.2, 0) is 10.0 Å². The molecule has 168 valence electrons. The van der Waals surface area contributed by atoms with Crippen LogP contribution < -0.4 is 10.1 Å². The minimum absolute atomic E-state index is 0.0000640. The molecule has 0 unspecified atom stereocenters. The Bertz CT molecular complexity index is 1030. The van der Waals surface area contributed by atoms with E-state index in [2.05, 4.69) is 10.1 Å². The summed E-state index contributed by atoms with van der Waals surface area (Å²) >= 11 is 0. The van der Waals surface area contributed by atoms with Gasteiger partial charge >= 0.3 is 6.36 Å². The van der Waals surface area contributed by atoms with Crippen LogP contribution in [0.5, 0.6) is 5.75 Å². The molecule has 3 rings (SSSR count). The normalized spacial score (nSPS) is 15.6. The van der Waals surface area contributed by atoms with Gasteiger partial charge in [-0.3, -0.25) is 4.79 Å². The Balaban J connectivity index is 1.81. The monoisotopic (exact) mass is 456 g/mol. The van der Waals surface area contributed by atoms with E-state index in [1.54, 1.807) is 0 Å². The molecule has 1 saturated carbocycles. The average Bonchev–Trinajstić information content (AvgIpc) is 2.74. The number of hydrogen-bond acceptors (Lipinski definition) is 4. The zero-order valence-electron chi connectivity index (χ0n) is 16.9. The Morgan fingerprint density at radius 2 is 1.74 bits per heavy atom. The molecule has 2 aromatic carbocycles. The van der Waals surface area contributed by atoms with Crippen molar-refractivity contribution in [2.75, 3.05) is 12.4 Å². The number of nitrogens with one attached hydrogen (secondary N) is 1. The maximum atomic E-state index is 13.0. The highest BCUT2D eigenvalue weighted by molar-refractivity contribution is 7.89. The number of hydrogen-bond donors (Lipinski definition) is 1. The zero-order valence-corrected chi connectivity index (χ0v) is 17.7. The largest absolute Gasteiger partial charge is 0.573 e. The molecule has 1 aliphatic carbocycles. The molecule has 0 spiro atoms. The van der Waals surface area contributed by atoms with Gasteiger partial charge < -0.3 is 10.1 Å². The van der Waals surface area contributed by atoms with Gasteiger partial charge in [-0.15, -0.1) is 13.2 Å². The molecule has 0 atom stereocenters. The lowest BCUT2D eigenvalue weighted by molar-refractivity contribution is -0.274. The maximum absolute atomic E-state index is 13.0. The van der Waals surface area contributed by atoms with E-state index in [0.29, 0.717) is 0 Å². The van der Waals surface area contributed by atoms with E-state index in [4.69, 9.17) is 0 Å². The number of halogens is 3. The van der Waals surface area contributed by atoms with Crippen LogP contribution in [0, 0.1) is 0 Å². The molecule has 10 heteroatoms. The van der Waals surface area contributed by atoms with Crippen LogP contribution in [0.15, 0.2) is 53.4 Å². The summed E-state index contributed by atoms with van der Waals surface area (Å²) in [6.07, 6.45) is -0.339. The zero-order chi connectivity index (χ0) is 22.6. The van der Waals surface area contributed by atoms with Crippen LogP contribution in [0.2, 0.25) is 0 Å². The van der Waals surface area contributed by atoms with Gasteiger partial charge in [0.1, 0.15) is 0 Å². The summed E-state index contributed by atoms with van der Waals surface area (Å²) in [5.74, 6) is -1.32. The molecule has 1 fully saturated rings. The standard InChI is InChI=1S/C21H23F3N2O4S/c1-26(16-9-3-2-4-10-16)31(28,29)17-11-7-8-15(14-17)20(27)25-18-12-5-6-13-19(18)30-21(22,23)24/h5-8,11-14,16H,2-4,9-10H2,1H3,(H,25,27). The van der Waals surface area contributed by atoms with E-state index in [1.165, 1.54) is 53.8 Å². The van der Waals surface area contributed by atoms with Gasteiger partial charge in [0.05, 0.1) is 10.6 Å². The van der Waals surface area contributed by atoms with E-state index in [-0.39, 0.29) is 22.2 Å². The van der Waals surface area contributed by atoms with Gasteiger partial charge in [0, 0.05) is 18.7 Å². The van der Waals surface area contributed by atoms with Crippen LogP contribution in [0.3, 0.4) is 0 Å². The van der Waals surface area contributed by atoms with E-state index in [0.717, 1.165) is 38.2 Å². The quantitative estimate of drug-likeness (QED) is 0.678. The minimum atomic E-state index is -4.92. The predicted molar refractivity (Wildman–Crippen MR) is 109 cm³/mol. The lowest BCUT2D eigenvalue weighted by Gasteiger charge is -2.30. The first kappa shape index (κ1) is 23.1. The molecular formula is C21H23F3N2O4S. The first-order valence-corrected chi connectivity index (χ1v) is 11.3. The van der Waals surface area contributed by atoms with Crippen molar-refractivity contribution in [2.24, 2.45) is 0 Å². The Hall–Kier alpha value is -2.59. The number of ether oxygens (including phenoxy) is 1. The lowest BCUT2D eigenvalue weighted by atomic mass is 9.96. The number of anilines is 1. The second kappa shape index (κ2) is 9.27. The lowest BCUT2D eigenvalue weighted by Crippen LogP contribution is -2.38. The van der Waals surface area contributed by atoms with Gasteiger partial charge in [-0.25, -0.2) is 8.42 Å². The Morgan fingerprint density at radius 3 is 2.42 bits per heavy atom. The third kappa shape index (κ3) is 5.76. The van der Waals surface area contributed by atoms with Crippen LogP contribution in [0.4, 0.5) is 18.9 Å². The van der Waals surface area contributed by atoms with E-state index < -0.39 is 28.0 Å². The fraction of sp³-hybridized carbons (Fsp3) is 0.381. The summed E-state index contributed by atoms with van der Waals surface area (Å²) in [5, 5.41) is 2.35. The molecule has 6 nitrogen and oxygen atoms in total. The molecule has 31 heavy (non-hydrogen) atoms. The van der Waals surface area contributed by atoms with Crippen molar-refractivity contribution < 1.29 is 31.1 Å². The number of sulfonamides is 1. The Morgan fingerprint density at radius 1 is 1.06 bits per heavy atom. The van der Waals surface area contributed by atoms with Crippen molar-refractivity contribution in [3.05, 3.63) is 54.1 Å². The van der Waals surface area contributed by atoms with E-state index in [1.807, 2.05) is 0 Å². The topological polar surface area (TPSA) is 75.7 Å². The van der Waals surface area contributed by atoms with Crippen molar-refractivity contribution in [1.82, 2.24) is 4.31 Å². The molecule has 0 bridgehead atoms. The predicted octanol–water partition coefficient (Wildman–Crippen LogP) is 4.79. The molecule has 0 aromatic heterocycles. The number of benzene rings is 2. The summed E-state index contributed by atoms with van der Waals surface area (Å²) in [5.41, 5.74) is -0.183. The molecule has 0 heterocycles. The highest BCUT2D eigenvalue weighted by Gasteiger charge is 2.32. The molecule has 1 amide bonds. The molecule has 0 saturated heterocycles. The third-order valence-corrected chi connectivity index (χ3v) is 7.13. The van der Waals surface area contributed by atoms with Crippen molar-refractivity contribution in [2.45, 2.75) is 49.4 Å². The van der Waals surface area contributed by atoms with Crippen LogP contribution in [0.25, 0.3) is 0 Å². The average molecular weight is 456 g/mol. The first-order chi connectivity index (χ1) is 14.6. The van der Waals surface area contributed by atoms with Crippen molar-refractivity contribution in [1.29, 1.82) is 0 Å². The van der Waals surface area contributed by atoms with Gasteiger partial charge in [0.25, 0.3) is 5.91 Å². The molecule has 0 aliphatic heterocycles. The summed E-state index contributed by atoms with van der Waals surface area (Å²) in [6.45, 7) is 0. The van der Waals surface area contributed by atoms with Crippen molar-refractivity contribution in [3.8, 4) is 5.75 Å². The number of carbonyl (C=O) groups excluding carboxylic acids is 1. The first-order valence-electron chi connectivity index (χ1n) is 9.82. The second-order valence-corrected chi connectivity index (χ2v) is 9.34. The summed E-state index contributed by atoms with van der Waals surface area (Å²) < 4.78 is 69.1. The Labute approximate surface area is 179 Å². The van der Waals surface area contributed by atoms with Gasteiger partial charge in [-0.1, -0.05) is 37.5 Å². The van der Waals surface area contributed by atoms with Crippen molar-refractivity contribution >= 4 is 21.6 Å². The van der Waals surface area contributed by atoms with Gasteiger partial charge in [-0.05, 0) is 43.2 Å². The molecule has 2 aromatic rings. The summed E-state index contributed by atoms with van der Waals surface area (Å²) in [4.78, 5) is 12.6. The SMILES string of the molecule is CN(C1CCCCC1)S(=O)(=O)c1cccc(C(=O)Nc2ccccc2OC(F)(F)F)c1. The molecule has 0 radical (unpaired) electrons. The smallest absolute Gasteiger partial charge is 0.404 e. The number of rotatable bonds is 6. The fourth-order valence-corrected chi connectivity index (χ4v) is 5.05. The Kier molecular flexibility index (Phi) is 6.90. The van der Waals surface area contributed by atoms with E-state index in [9.17, 15) is 26.4 Å².